The van der Waals surface area contributed by atoms with Crippen LogP contribution >= 0.6 is 0 Å². The fourth-order valence-electron chi connectivity index (χ4n) is 1.98. The number of nitrogens with zero attached hydrogens (tertiary/aromatic N) is 1. The Labute approximate surface area is 99.0 Å². The highest BCUT2D eigenvalue weighted by Gasteiger charge is 2.33. The van der Waals surface area contributed by atoms with Gasteiger partial charge in [-0.15, -0.1) is 0 Å². The molecule has 5 nitrogen and oxygen atoms in total. The smallest absolute Gasteiger partial charge is 0.326 e. The molecule has 2 amide bonds. The summed E-state index contributed by atoms with van der Waals surface area (Å²) >= 11 is 0. The zero-order chi connectivity index (χ0) is 12.3. The van der Waals surface area contributed by atoms with Gasteiger partial charge in [0.2, 0.25) is 0 Å². The molecule has 1 fully saturated rings. The summed E-state index contributed by atoms with van der Waals surface area (Å²) in [5.74, 6) is -0.939. The molecule has 0 bridgehead atoms. The molecule has 1 aliphatic heterocycles. The van der Waals surface area contributed by atoms with Crippen molar-refractivity contribution in [3.05, 3.63) is 30.3 Å². The molecule has 0 radical (unpaired) electrons. The Morgan fingerprint density at radius 1 is 1.29 bits per heavy atom. The summed E-state index contributed by atoms with van der Waals surface area (Å²) in [6.07, 6.45) is 1.26. The molecule has 90 valence electrons. The number of carbonyl (C=O) groups is 2. The number of anilines is 1. The molecule has 1 heterocycles. The molecule has 0 spiro atoms. The number of likely N-dealkylation sites (tertiary alicyclic amines) is 1. The van der Waals surface area contributed by atoms with E-state index in [4.69, 9.17) is 5.11 Å². The van der Waals surface area contributed by atoms with Crippen molar-refractivity contribution in [2.45, 2.75) is 18.9 Å². The second-order valence-electron chi connectivity index (χ2n) is 3.99. The molecule has 1 aliphatic rings. The zero-order valence-electron chi connectivity index (χ0n) is 9.30. The Morgan fingerprint density at radius 2 is 2.00 bits per heavy atom. The topological polar surface area (TPSA) is 69.6 Å². The predicted octanol–water partition coefficient (Wildman–Crippen LogP) is 1.77. The third kappa shape index (κ3) is 2.55. The van der Waals surface area contributed by atoms with Crippen LogP contribution < -0.4 is 5.32 Å². The summed E-state index contributed by atoms with van der Waals surface area (Å²) in [7, 11) is 0. The van der Waals surface area contributed by atoms with E-state index in [9.17, 15) is 9.59 Å². The van der Waals surface area contributed by atoms with Crippen LogP contribution in [0.25, 0.3) is 0 Å². The van der Waals surface area contributed by atoms with Crippen molar-refractivity contribution in [2.24, 2.45) is 0 Å². The van der Waals surface area contributed by atoms with Crippen molar-refractivity contribution < 1.29 is 14.7 Å². The number of urea groups is 1. The van der Waals surface area contributed by atoms with Crippen LogP contribution in [0.1, 0.15) is 12.8 Å². The second kappa shape index (κ2) is 4.86. The number of carboxylic acid groups (broad SMARTS) is 1. The Hall–Kier alpha value is -2.04. The summed E-state index contributed by atoms with van der Waals surface area (Å²) in [5, 5.41) is 11.7. The first-order valence-corrected chi connectivity index (χ1v) is 5.54. The SMILES string of the molecule is O=C(O)[C@@H]1CCCN1C(=O)Nc1ccccc1. The van der Waals surface area contributed by atoms with E-state index >= 15 is 0 Å². The number of para-hydroxylation sites is 1. The minimum absolute atomic E-state index is 0.346. The van der Waals surface area contributed by atoms with E-state index in [2.05, 4.69) is 5.32 Å². The molecule has 0 aliphatic carbocycles. The lowest BCUT2D eigenvalue weighted by molar-refractivity contribution is -0.141. The number of carbonyl (C=O) groups excluding carboxylic acids is 1. The first-order valence-electron chi connectivity index (χ1n) is 5.54. The van der Waals surface area contributed by atoms with Gasteiger partial charge in [-0.25, -0.2) is 9.59 Å². The molecule has 1 aromatic carbocycles. The lowest BCUT2D eigenvalue weighted by Gasteiger charge is -2.21. The summed E-state index contributed by atoms with van der Waals surface area (Å²) in [4.78, 5) is 24.2. The minimum Gasteiger partial charge on any atom is -0.480 e. The van der Waals surface area contributed by atoms with E-state index in [1.807, 2.05) is 18.2 Å². The molecule has 2 rings (SSSR count). The van der Waals surface area contributed by atoms with Gasteiger partial charge >= 0.3 is 12.0 Å². The van der Waals surface area contributed by atoms with Gasteiger partial charge in [0.1, 0.15) is 6.04 Å². The number of carboxylic acids is 1. The van der Waals surface area contributed by atoms with Crippen molar-refractivity contribution in [3.8, 4) is 0 Å². The standard InChI is InChI=1S/C12H14N2O3/c15-11(16)10-7-4-8-14(10)12(17)13-9-5-2-1-3-6-9/h1-3,5-6,10H,4,7-8H2,(H,13,17)(H,15,16)/t10-/m0/s1. The van der Waals surface area contributed by atoms with E-state index in [0.29, 0.717) is 18.7 Å². The van der Waals surface area contributed by atoms with Crippen LogP contribution in [0.2, 0.25) is 0 Å². The van der Waals surface area contributed by atoms with Crippen LogP contribution in [0.5, 0.6) is 0 Å². The molecule has 1 saturated heterocycles. The van der Waals surface area contributed by atoms with Crippen LogP contribution in [0.3, 0.4) is 0 Å². The van der Waals surface area contributed by atoms with Crippen LogP contribution in [0.4, 0.5) is 10.5 Å². The van der Waals surface area contributed by atoms with Gasteiger partial charge in [0, 0.05) is 12.2 Å². The van der Waals surface area contributed by atoms with E-state index in [-0.39, 0.29) is 6.03 Å². The number of aliphatic carboxylic acids is 1. The fourth-order valence-corrected chi connectivity index (χ4v) is 1.98. The number of nitrogens with one attached hydrogen (secondary N) is 1. The van der Waals surface area contributed by atoms with Crippen molar-refractivity contribution in [2.75, 3.05) is 11.9 Å². The highest BCUT2D eigenvalue weighted by atomic mass is 16.4. The van der Waals surface area contributed by atoms with Gasteiger partial charge in [-0.3, -0.25) is 0 Å². The first kappa shape index (κ1) is 11.4. The molecule has 2 N–H and O–H groups in total. The largest absolute Gasteiger partial charge is 0.480 e. The molecule has 0 aromatic heterocycles. The Kier molecular flexibility index (Phi) is 3.27. The molecule has 0 saturated carbocycles. The molecular weight excluding hydrogens is 220 g/mol. The molecule has 1 atom stereocenters. The number of rotatable bonds is 2. The third-order valence-corrected chi connectivity index (χ3v) is 2.82. The fraction of sp³-hybridized carbons (Fsp3) is 0.333. The van der Waals surface area contributed by atoms with Gasteiger partial charge < -0.3 is 15.3 Å². The van der Waals surface area contributed by atoms with Gasteiger partial charge in [0.05, 0.1) is 0 Å². The van der Waals surface area contributed by atoms with E-state index in [1.54, 1.807) is 12.1 Å². The van der Waals surface area contributed by atoms with Crippen LogP contribution in [-0.2, 0) is 4.79 Å². The van der Waals surface area contributed by atoms with Gasteiger partial charge in [-0.1, -0.05) is 18.2 Å². The van der Waals surface area contributed by atoms with Crippen molar-refractivity contribution in [1.29, 1.82) is 0 Å². The normalized spacial score (nSPS) is 19.1. The van der Waals surface area contributed by atoms with Gasteiger partial charge in [0.25, 0.3) is 0 Å². The van der Waals surface area contributed by atoms with Crippen LogP contribution in [0, 0.1) is 0 Å². The number of amides is 2. The number of hydrogen-bond donors (Lipinski definition) is 2. The summed E-state index contributed by atoms with van der Waals surface area (Å²) in [6, 6.07) is 7.97. The van der Waals surface area contributed by atoms with Gasteiger partial charge in [-0.05, 0) is 25.0 Å². The average molecular weight is 234 g/mol. The maximum Gasteiger partial charge on any atom is 0.326 e. The zero-order valence-corrected chi connectivity index (χ0v) is 9.30. The lowest BCUT2D eigenvalue weighted by Crippen LogP contribution is -2.42. The number of benzene rings is 1. The summed E-state index contributed by atoms with van der Waals surface area (Å²) in [6.45, 7) is 0.496. The summed E-state index contributed by atoms with van der Waals surface area (Å²) in [5.41, 5.74) is 0.675. The highest BCUT2D eigenvalue weighted by Crippen LogP contribution is 2.18. The van der Waals surface area contributed by atoms with Crippen molar-refractivity contribution in [3.63, 3.8) is 0 Å². The van der Waals surface area contributed by atoms with Crippen LogP contribution in [-0.4, -0.2) is 34.6 Å². The predicted molar refractivity (Wildman–Crippen MR) is 62.8 cm³/mol. The van der Waals surface area contributed by atoms with Crippen molar-refractivity contribution >= 4 is 17.7 Å². The van der Waals surface area contributed by atoms with Gasteiger partial charge in [0.15, 0.2) is 0 Å². The van der Waals surface area contributed by atoms with E-state index in [0.717, 1.165) is 6.42 Å². The molecule has 0 unspecified atom stereocenters. The Bertz CT molecular complexity index is 419. The van der Waals surface area contributed by atoms with Crippen molar-refractivity contribution in [1.82, 2.24) is 4.90 Å². The van der Waals surface area contributed by atoms with E-state index in [1.165, 1.54) is 4.90 Å². The third-order valence-electron chi connectivity index (χ3n) is 2.82. The minimum atomic E-state index is -0.939. The molecule has 5 heteroatoms. The Morgan fingerprint density at radius 3 is 2.65 bits per heavy atom. The van der Waals surface area contributed by atoms with E-state index < -0.39 is 12.0 Å². The molecular formula is C12H14N2O3. The second-order valence-corrected chi connectivity index (χ2v) is 3.99. The summed E-state index contributed by atoms with van der Waals surface area (Å²) < 4.78 is 0. The average Bonchev–Trinajstić information content (AvgIpc) is 2.79. The highest BCUT2D eigenvalue weighted by molar-refractivity contribution is 5.92. The first-order chi connectivity index (χ1) is 8.18. The quantitative estimate of drug-likeness (QED) is 0.819. The maximum absolute atomic E-state index is 11.9. The number of hydrogen-bond acceptors (Lipinski definition) is 2. The maximum atomic E-state index is 11.9. The molecule has 17 heavy (non-hydrogen) atoms. The monoisotopic (exact) mass is 234 g/mol. The van der Waals surface area contributed by atoms with Gasteiger partial charge in [-0.2, -0.15) is 0 Å². The molecule has 1 aromatic rings. The lowest BCUT2D eigenvalue weighted by atomic mass is 10.2. The van der Waals surface area contributed by atoms with Crippen LogP contribution in [0.15, 0.2) is 30.3 Å². The Balaban J connectivity index is 2.03.